The van der Waals surface area contributed by atoms with Crippen LogP contribution in [-0.2, 0) is 11.4 Å². The second kappa shape index (κ2) is 8.13. The first-order valence-corrected chi connectivity index (χ1v) is 9.53. The van der Waals surface area contributed by atoms with E-state index in [0.717, 1.165) is 22.6 Å². The van der Waals surface area contributed by atoms with Gasteiger partial charge < -0.3 is 15.3 Å². The summed E-state index contributed by atoms with van der Waals surface area (Å²) in [4.78, 5) is 15.8. The zero-order valence-electron chi connectivity index (χ0n) is 14.0. The Kier molecular flexibility index (Phi) is 5.89. The smallest absolute Gasteiger partial charge is 0.246 e. The fraction of sp³-hybridized carbons (Fsp3) is 0.316. The molecule has 1 aliphatic heterocycles. The van der Waals surface area contributed by atoms with Crippen molar-refractivity contribution in [3.63, 3.8) is 0 Å². The van der Waals surface area contributed by atoms with Gasteiger partial charge in [0.1, 0.15) is 0 Å². The molecule has 0 aromatic heterocycles. The number of aliphatic hydroxyl groups excluding tert-OH is 1. The molecule has 1 atom stereocenters. The molecule has 4 nitrogen and oxygen atoms in total. The Labute approximate surface area is 157 Å². The van der Waals surface area contributed by atoms with E-state index in [1.165, 1.54) is 0 Å². The Hall–Kier alpha value is -1.69. The van der Waals surface area contributed by atoms with Gasteiger partial charge >= 0.3 is 0 Å². The molecule has 1 heterocycles. The van der Waals surface area contributed by atoms with E-state index in [1.807, 2.05) is 34.9 Å². The molecule has 0 saturated heterocycles. The second-order valence-corrected chi connectivity index (χ2v) is 7.94. The van der Waals surface area contributed by atoms with E-state index in [-0.39, 0.29) is 19.1 Å². The number of carbonyl (C=O) groups is 1. The number of para-hydroxylation sites is 1. The van der Waals surface area contributed by atoms with Crippen LogP contribution in [0.1, 0.15) is 18.9 Å². The quantitative estimate of drug-likeness (QED) is 0.841. The lowest BCUT2D eigenvalue weighted by molar-refractivity contribution is -0.117. The lowest BCUT2D eigenvalue weighted by Crippen LogP contribution is -2.36. The van der Waals surface area contributed by atoms with Gasteiger partial charge in [0.15, 0.2) is 0 Å². The van der Waals surface area contributed by atoms with E-state index in [2.05, 4.69) is 18.3 Å². The highest BCUT2D eigenvalue weighted by Crippen LogP contribution is 2.37. The van der Waals surface area contributed by atoms with Crippen molar-refractivity contribution < 1.29 is 9.90 Å². The predicted octanol–water partition coefficient (Wildman–Crippen LogP) is 4.16. The summed E-state index contributed by atoms with van der Waals surface area (Å²) in [5.74, 6) is 0.00705. The molecule has 2 aromatic rings. The van der Waals surface area contributed by atoms with Crippen LogP contribution in [0, 0.1) is 0 Å². The van der Waals surface area contributed by atoms with Gasteiger partial charge in [-0.25, -0.2) is 0 Å². The summed E-state index contributed by atoms with van der Waals surface area (Å²) in [5.41, 5.74) is 2.39. The number of anilines is 2. The van der Waals surface area contributed by atoms with Crippen LogP contribution in [0.25, 0.3) is 0 Å². The predicted molar refractivity (Wildman–Crippen MR) is 105 cm³/mol. The molecule has 132 valence electrons. The Morgan fingerprint density at radius 3 is 2.96 bits per heavy atom. The number of benzene rings is 2. The van der Waals surface area contributed by atoms with Gasteiger partial charge in [-0.3, -0.25) is 4.79 Å². The van der Waals surface area contributed by atoms with Crippen LogP contribution >= 0.6 is 23.4 Å². The number of aliphatic hydroxyl groups is 1. The summed E-state index contributed by atoms with van der Waals surface area (Å²) < 4.78 is 0. The van der Waals surface area contributed by atoms with E-state index in [9.17, 15) is 9.90 Å². The normalized spacial score (nSPS) is 16.9. The van der Waals surface area contributed by atoms with Gasteiger partial charge in [0.25, 0.3) is 0 Å². The molecule has 2 aromatic carbocycles. The third-order valence-electron chi connectivity index (χ3n) is 4.19. The SMILES string of the molecule is C[C@@H]1CCN(C(=O)CNc2cc(CO)ccc2Cl)c2ccccc2S1. The van der Waals surface area contributed by atoms with Crippen molar-refractivity contribution >= 4 is 40.6 Å². The molecule has 1 aliphatic rings. The van der Waals surface area contributed by atoms with Gasteiger partial charge in [0.05, 0.1) is 29.5 Å². The Balaban J connectivity index is 1.75. The molecular weight excluding hydrogens is 356 g/mol. The van der Waals surface area contributed by atoms with Gasteiger partial charge in [0, 0.05) is 16.7 Å². The summed E-state index contributed by atoms with van der Waals surface area (Å²) in [6.07, 6.45) is 0.950. The van der Waals surface area contributed by atoms with Gasteiger partial charge in [-0.15, -0.1) is 11.8 Å². The minimum Gasteiger partial charge on any atom is -0.392 e. The molecule has 0 fully saturated rings. The first-order valence-electron chi connectivity index (χ1n) is 8.27. The molecule has 0 saturated carbocycles. The standard InChI is InChI=1S/C19H21ClN2O2S/c1-13-8-9-22(17-4-2-3-5-18(17)25-13)19(24)11-21-16-10-14(12-23)6-7-15(16)20/h2-7,10,13,21,23H,8-9,11-12H2,1H3/t13-/m1/s1. The molecule has 6 heteroatoms. The van der Waals surface area contributed by atoms with E-state index < -0.39 is 0 Å². The molecule has 3 rings (SSSR count). The maximum Gasteiger partial charge on any atom is 0.246 e. The highest BCUT2D eigenvalue weighted by atomic mass is 35.5. The Morgan fingerprint density at radius 1 is 1.36 bits per heavy atom. The van der Waals surface area contributed by atoms with E-state index in [0.29, 0.717) is 22.5 Å². The van der Waals surface area contributed by atoms with Crippen LogP contribution in [0.2, 0.25) is 5.02 Å². The molecular formula is C19H21ClN2O2S. The van der Waals surface area contributed by atoms with Crippen molar-refractivity contribution in [2.24, 2.45) is 0 Å². The van der Waals surface area contributed by atoms with Crippen LogP contribution < -0.4 is 10.2 Å². The molecule has 0 aliphatic carbocycles. The highest BCUT2D eigenvalue weighted by molar-refractivity contribution is 8.00. The van der Waals surface area contributed by atoms with Gasteiger partial charge in [0.2, 0.25) is 5.91 Å². The van der Waals surface area contributed by atoms with Crippen molar-refractivity contribution in [1.29, 1.82) is 0 Å². The Bertz CT molecular complexity index is 769. The van der Waals surface area contributed by atoms with Crippen LogP contribution in [0.15, 0.2) is 47.4 Å². The molecule has 2 N–H and O–H groups in total. The second-order valence-electron chi connectivity index (χ2n) is 6.06. The number of rotatable bonds is 4. The molecule has 0 bridgehead atoms. The number of nitrogens with zero attached hydrogens (tertiary/aromatic N) is 1. The Morgan fingerprint density at radius 2 is 2.16 bits per heavy atom. The van der Waals surface area contributed by atoms with E-state index in [4.69, 9.17) is 11.6 Å². The number of carbonyl (C=O) groups excluding carboxylic acids is 1. The summed E-state index contributed by atoms with van der Waals surface area (Å²) in [6.45, 7) is 2.99. The first-order chi connectivity index (χ1) is 12.1. The number of halogens is 1. The maximum atomic E-state index is 12.8. The number of fused-ring (bicyclic) bond motifs is 1. The molecule has 0 radical (unpaired) electrons. The molecule has 25 heavy (non-hydrogen) atoms. The molecule has 0 unspecified atom stereocenters. The number of thioether (sulfide) groups is 1. The number of hydrogen-bond acceptors (Lipinski definition) is 4. The molecule has 1 amide bonds. The van der Waals surface area contributed by atoms with Crippen molar-refractivity contribution in [1.82, 2.24) is 0 Å². The minimum atomic E-state index is -0.0611. The van der Waals surface area contributed by atoms with Crippen LogP contribution in [-0.4, -0.2) is 29.4 Å². The third-order valence-corrected chi connectivity index (χ3v) is 5.75. The van der Waals surface area contributed by atoms with Crippen LogP contribution in [0.5, 0.6) is 0 Å². The fourth-order valence-electron chi connectivity index (χ4n) is 2.82. The lowest BCUT2D eigenvalue weighted by atomic mass is 10.2. The summed E-state index contributed by atoms with van der Waals surface area (Å²) in [6, 6.07) is 13.3. The third kappa shape index (κ3) is 4.29. The average Bonchev–Trinajstić information content (AvgIpc) is 2.79. The van der Waals surface area contributed by atoms with Crippen molar-refractivity contribution in [3.05, 3.63) is 53.1 Å². The van der Waals surface area contributed by atoms with Gasteiger partial charge in [-0.05, 0) is 36.2 Å². The fourth-order valence-corrected chi connectivity index (χ4v) is 4.12. The monoisotopic (exact) mass is 376 g/mol. The largest absolute Gasteiger partial charge is 0.392 e. The number of hydrogen-bond donors (Lipinski definition) is 2. The minimum absolute atomic E-state index is 0.00705. The van der Waals surface area contributed by atoms with Gasteiger partial charge in [-0.1, -0.05) is 36.7 Å². The first kappa shape index (κ1) is 18.1. The van der Waals surface area contributed by atoms with Gasteiger partial charge in [-0.2, -0.15) is 0 Å². The van der Waals surface area contributed by atoms with E-state index in [1.54, 1.807) is 18.2 Å². The zero-order valence-corrected chi connectivity index (χ0v) is 15.6. The van der Waals surface area contributed by atoms with Crippen molar-refractivity contribution in [3.8, 4) is 0 Å². The zero-order chi connectivity index (χ0) is 17.8. The van der Waals surface area contributed by atoms with Crippen LogP contribution in [0.4, 0.5) is 11.4 Å². The van der Waals surface area contributed by atoms with Crippen LogP contribution in [0.3, 0.4) is 0 Å². The summed E-state index contributed by atoms with van der Waals surface area (Å²) >= 11 is 7.99. The topological polar surface area (TPSA) is 52.6 Å². The number of nitrogens with one attached hydrogen (secondary N) is 1. The molecule has 0 spiro atoms. The average molecular weight is 377 g/mol. The maximum absolute atomic E-state index is 12.8. The highest BCUT2D eigenvalue weighted by Gasteiger charge is 2.23. The summed E-state index contributed by atoms with van der Waals surface area (Å²) in [7, 11) is 0. The van der Waals surface area contributed by atoms with Crippen molar-refractivity contribution in [2.75, 3.05) is 23.3 Å². The lowest BCUT2D eigenvalue weighted by Gasteiger charge is -2.23. The number of amides is 1. The van der Waals surface area contributed by atoms with E-state index >= 15 is 0 Å². The van der Waals surface area contributed by atoms with Crippen molar-refractivity contribution in [2.45, 2.75) is 30.1 Å². The summed E-state index contributed by atoms with van der Waals surface area (Å²) in [5, 5.41) is 13.4.